The van der Waals surface area contributed by atoms with Crippen molar-refractivity contribution in [3.63, 3.8) is 0 Å². The van der Waals surface area contributed by atoms with Crippen molar-refractivity contribution < 1.29 is 9.26 Å². The summed E-state index contributed by atoms with van der Waals surface area (Å²) >= 11 is 0. The van der Waals surface area contributed by atoms with Crippen molar-refractivity contribution >= 4 is 0 Å². The van der Waals surface area contributed by atoms with E-state index in [4.69, 9.17) is 15.0 Å². The number of aromatic nitrogens is 2. The molecule has 3 rings (SSSR count). The number of nitrogens with two attached hydrogens (primary N) is 1. The third-order valence-electron chi connectivity index (χ3n) is 4.12. The molecule has 0 aromatic carbocycles. The standard InChI is InChI=1S/C13H21N3O2/c14-11(9-5-2-1-3-6-9)13-15-12(16-18-13)10-7-4-8-17-10/h9-11H,1-8,14H2. The van der Waals surface area contributed by atoms with Crippen LogP contribution in [0.1, 0.15) is 68.8 Å². The van der Waals surface area contributed by atoms with Crippen LogP contribution in [0, 0.1) is 5.92 Å². The van der Waals surface area contributed by atoms with Crippen LogP contribution in [-0.2, 0) is 4.74 Å². The predicted molar refractivity (Wildman–Crippen MR) is 65.7 cm³/mol. The molecule has 1 aromatic rings. The van der Waals surface area contributed by atoms with Crippen LogP contribution >= 0.6 is 0 Å². The summed E-state index contributed by atoms with van der Waals surface area (Å²) in [5, 5.41) is 4.02. The van der Waals surface area contributed by atoms with E-state index in [-0.39, 0.29) is 12.1 Å². The molecule has 1 aromatic heterocycles. The van der Waals surface area contributed by atoms with Crippen molar-refractivity contribution in [3.8, 4) is 0 Å². The number of rotatable bonds is 3. The molecule has 2 N–H and O–H groups in total. The first-order valence-corrected chi connectivity index (χ1v) is 7.05. The molecule has 5 heteroatoms. The Morgan fingerprint density at radius 3 is 2.67 bits per heavy atom. The Morgan fingerprint density at radius 1 is 1.11 bits per heavy atom. The summed E-state index contributed by atoms with van der Waals surface area (Å²) in [6.07, 6.45) is 8.30. The monoisotopic (exact) mass is 251 g/mol. The first-order valence-electron chi connectivity index (χ1n) is 7.05. The van der Waals surface area contributed by atoms with Gasteiger partial charge in [-0.1, -0.05) is 24.4 Å². The zero-order valence-electron chi connectivity index (χ0n) is 10.7. The summed E-state index contributed by atoms with van der Waals surface area (Å²) in [5.74, 6) is 1.76. The van der Waals surface area contributed by atoms with E-state index in [2.05, 4.69) is 10.1 Å². The molecular weight excluding hydrogens is 230 g/mol. The van der Waals surface area contributed by atoms with Crippen molar-refractivity contribution in [3.05, 3.63) is 11.7 Å². The van der Waals surface area contributed by atoms with Crippen molar-refractivity contribution in [2.24, 2.45) is 11.7 Å². The SMILES string of the molecule is NC(c1nc(C2CCCO2)no1)C1CCCCC1. The Hall–Kier alpha value is -0.940. The predicted octanol–water partition coefficient (Wildman–Crippen LogP) is 2.50. The molecule has 2 fully saturated rings. The molecule has 18 heavy (non-hydrogen) atoms. The first kappa shape index (κ1) is 12.1. The fraction of sp³-hybridized carbons (Fsp3) is 0.846. The van der Waals surface area contributed by atoms with Gasteiger partial charge >= 0.3 is 0 Å². The minimum absolute atomic E-state index is 0.0149. The summed E-state index contributed by atoms with van der Waals surface area (Å²) in [5.41, 5.74) is 6.24. The molecule has 1 aliphatic heterocycles. The van der Waals surface area contributed by atoms with Crippen LogP contribution < -0.4 is 5.73 Å². The van der Waals surface area contributed by atoms with Gasteiger partial charge in [-0.3, -0.25) is 0 Å². The van der Waals surface area contributed by atoms with Crippen LogP contribution in [-0.4, -0.2) is 16.7 Å². The molecule has 0 spiro atoms. The van der Waals surface area contributed by atoms with Crippen LogP contribution in [0.15, 0.2) is 4.52 Å². The molecule has 1 aliphatic carbocycles. The van der Waals surface area contributed by atoms with Crippen LogP contribution in [0.4, 0.5) is 0 Å². The van der Waals surface area contributed by atoms with Crippen LogP contribution in [0.25, 0.3) is 0 Å². The normalized spacial score (nSPS) is 27.5. The van der Waals surface area contributed by atoms with E-state index in [1.807, 2.05) is 0 Å². The van der Waals surface area contributed by atoms with Crippen molar-refractivity contribution in [2.45, 2.75) is 57.1 Å². The molecular formula is C13H21N3O2. The summed E-state index contributed by atoms with van der Waals surface area (Å²) in [4.78, 5) is 4.44. The molecule has 1 saturated carbocycles. The molecule has 2 aliphatic rings. The zero-order chi connectivity index (χ0) is 12.4. The van der Waals surface area contributed by atoms with Gasteiger partial charge in [0.1, 0.15) is 6.10 Å². The molecule has 2 unspecified atom stereocenters. The van der Waals surface area contributed by atoms with Gasteiger partial charge in [0.25, 0.3) is 0 Å². The fourth-order valence-corrected chi connectivity index (χ4v) is 2.99. The summed E-state index contributed by atoms with van der Waals surface area (Å²) in [7, 11) is 0. The van der Waals surface area contributed by atoms with Crippen LogP contribution in [0.5, 0.6) is 0 Å². The summed E-state index contributed by atoms with van der Waals surface area (Å²) < 4.78 is 10.9. The highest BCUT2D eigenvalue weighted by atomic mass is 16.5. The molecule has 0 bridgehead atoms. The zero-order valence-corrected chi connectivity index (χ0v) is 10.7. The van der Waals surface area contributed by atoms with Gasteiger partial charge < -0.3 is 15.0 Å². The van der Waals surface area contributed by atoms with Crippen LogP contribution in [0.3, 0.4) is 0 Å². The van der Waals surface area contributed by atoms with E-state index < -0.39 is 0 Å². The molecule has 5 nitrogen and oxygen atoms in total. The largest absolute Gasteiger partial charge is 0.370 e. The topological polar surface area (TPSA) is 74.2 Å². The highest BCUT2D eigenvalue weighted by Crippen LogP contribution is 2.33. The van der Waals surface area contributed by atoms with Crippen molar-refractivity contribution in [1.29, 1.82) is 0 Å². The maximum atomic E-state index is 6.24. The van der Waals surface area contributed by atoms with Crippen molar-refractivity contribution in [1.82, 2.24) is 10.1 Å². The average Bonchev–Trinajstić information content (AvgIpc) is 3.09. The number of hydrogen-bond donors (Lipinski definition) is 1. The second-order valence-corrected chi connectivity index (χ2v) is 5.42. The summed E-state index contributed by atoms with van der Waals surface area (Å²) in [6, 6.07) is -0.104. The van der Waals surface area contributed by atoms with E-state index in [1.54, 1.807) is 0 Å². The van der Waals surface area contributed by atoms with Gasteiger partial charge in [-0.05, 0) is 31.6 Å². The maximum absolute atomic E-state index is 6.24. The maximum Gasteiger partial charge on any atom is 0.243 e. The molecule has 0 amide bonds. The molecule has 100 valence electrons. The van der Waals surface area contributed by atoms with Gasteiger partial charge in [-0.15, -0.1) is 0 Å². The molecule has 2 heterocycles. The average molecular weight is 251 g/mol. The van der Waals surface area contributed by atoms with E-state index in [0.29, 0.717) is 17.6 Å². The van der Waals surface area contributed by atoms with Crippen molar-refractivity contribution in [2.75, 3.05) is 6.61 Å². The van der Waals surface area contributed by atoms with E-state index in [1.165, 1.54) is 32.1 Å². The quantitative estimate of drug-likeness (QED) is 0.893. The fourth-order valence-electron chi connectivity index (χ4n) is 2.99. The van der Waals surface area contributed by atoms with E-state index in [9.17, 15) is 0 Å². The Labute approximate surface area is 107 Å². The second-order valence-electron chi connectivity index (χ2n) is 5.42. The highest BCUT2D eigenvalue weighted by molar-refractivity contribution is 4.98. The summed E-state index contributed by atoms with van der Waals surface area (Å²) in [6.45, 7) is 0.795. The Kier molecular flexibility index (Phi) is 3.61. The first-order chi connectivity index (χ1) is 8.84. The second kappa shape index (κ2) is 5.36. The van der Waals surface area contributed by atoms with Gasteiger partial charge in [0.05, 0.1) is 6.04 Å². The number of hydrogen-bond acceptors (Lipinski definition) is 5. The molecule has 0 radical (unpaired) electrons. The lowest BCUT2D eigenvalue weighted by Gasteiger charge is -2.24. The lowest BCUT2D eigenvalue weighted by atomic mass is 9.84. The lowest BCUT2D eigenvalue weighted by molar-refractivity contribution is 0.103. The van der Waals surface area contributed by atoms with Gasteiger partial charge in [0.15, 0.2) is 0 Å². The van der Waals surface area contributed by atoms with E-state index >= 15 is 0 Å². The lowest BCUT2D eigenvalue weighted by Crippen LogP contribution is -2.23. The Morgan fingerprint density at radius 2 is 1.94 bits per heavy atom. The Bertz CT molecular complexity index is 381. The molecule has 2 atom stereocenters. The van der Waals surface area contributed by atoms with E-state index in [0.717, 1.165) is 19.4 Å². The van der Waals surface area contributed by atoms with Gasteiger partial charge in [-0.2, -0.15) is 4.98 Å². The van der Waals surface area contributed by atoms with Gasteiger partial charge in [-0.25, -0.2) is 0 Å². The third kappa shape index (κ3) is 2.42. The van der Waals surface area contributed by atoms with Gasteiger partial charge in [0, 0.05) is 6.61 Å². The van der Waals surface area contributed by atoms with Gasteiger partial charge in [0.2, 0.25) is 11.7 Å². The molecule has 1 saturated heterocycles. The van der Waals surface area contributed by atoms with Crippen LogP contribution in [0.2, 0.25) is 0 Å². The number of nitrogens with zero attached hydrogens (tertiary/aromatic N) is 2. The number of ether oxygens (including phenoxy) is 1. The smallest absolute Gasteiger partial charge is 0.243 e. The minimum Gasteiger partial charge on any atom is -0.370 e. The highest BCUT2D eigenvalue weighted by Gasteiger charge is 2.29. The Balaban J connectivity index is 1.67. The third-order valence-corrected chi connectivity index (χ3v) is 4.12. The minimum atomic E-state index is -0.104.